The first-order valence-electron chi connectivity index (χ1n) is 15.9. The number of furan rings is 2. The van der Waals surface area contributed by atoms with Crippen molar-refractivity contribution in [1.82, 2.24) is 15.0 Å². The van der Waals surface area contributed by atoms with Crippen LogP contribution in [-0.2, 0) is 0 Å². The molecule has 0 spiro atoms. The molecule has 0 fully saturated rings. The third-order valence-corrected chi connectivity index (χ3v) is 9.13. The molecule has 5 heteroatoms. The Balaban J connectivity index is 1.29. The Kier molecular flexibility index (Phi) is 5.81. The summed E-state index contributed by atoms with van der Waals surface area (Å²) in [6, 6.07) is 51.6. The van der Waals surface area contributed by atoms with Crippen LogP contribution < -0.4 is 0 Å². The summed E-state index contributed by atoms with van der Waals surface area (Å²) in [7, 11) is 0. The van der Waals surface area contributed by atoms with Gasteiger partial charge >= 0.3 is 0 Å². The maximum absolute atomic E-state index is 6.58. The molecule has 0 radical (unpaired) electrons. The van der Waals surface area contributed by atoms with Gasteiger partial charge in [-0.15, -0.1) is 0 Å². The summed E-state index contributed by atoms with van der Waals surface area (Å²) >= 11 is 0. The van der Waals surface area contributed by atoms with E-state index in [2.05, 4.69) is 72.8 Å². The molecule has 0 atom stereocenters. The van der Waals surface area contributed by atoms with Crippen molar-refractivity contribution >= 4 is 54.6 Å². The highest BCUT2D eigenvalue weighted by Crippen LogP contribution is 2.42. The molecular formula is C43H25N3O2. The van der Waals surface area contributed by atoms with Gasteiger partial charge in [-0.25, -0.2) is 15.0 Å². The standard InChI is InChI=1S/C43H25N3O2/c1-2-13-27(14-3-1)41-44-42(46-43(45-41)33-20-11-23-38-39(33)32-18-7-9-22-37(32)47-38)28-24-34(30-19-10-15-26-12-4-5-16-29(26)30)40-35(25-28)31-17-6-8-21-36(31)48-40/h1-25H. The molecule has 0 bridgehead atoms. The first-order chi connectivity index (χ1) is 23.8. The Morgan fingerprint density at radius 3 is 1.81 bits per heavy atom. The second kappa shape index (κ2) is 10.5. The van der Waals surface area contributed by atoms with Crippen molar-refractivity contribution in [2.24, 2.45) is 0 Å². The van der Waals surface area contributed by atoms with Crippen molar-refractivity contribution in [3.05, 3.63) is 152 Å². The summed E-state index contributed by atoms with van der Waals surface area (Å²) < 4.78 is 12.8. The third-order valence-electron chi connectivity index (χ3n) is 9.13. The Morgan fingerprint density at radius 1 is 0.354 bits per heavy atom. The molecule has 0 aliphatic rings. The Labute approximate surface area is 274 Å². The van der Waals surface area contributed by atoms with E-state index in [-0.39, 0.29) is 0 Å². The number of aromatic nitrogens is 3. The van der Waals surface area contributed by atoms with E-state index in [0.29, 0.717) is 17.5 Å². The molecule has 0 unspecified atom stereocenters. The van der Waals surface area contributed by atoms with Crippen molar-refractivity contribution in [1.29, 1.82) is 0 Å². The van der Waals surface area contributed by atoms with Crippen LogP contribution in [0.25, 0.3) is 99.9 Å². The van der Waals surface area contributed by atoms with Gasteiger partial charge in [0.1, 0.15) is 22.3 Å². The van der Waals surface area contributed by atoms with Gasteiger partial charge < -0.3 is 8.83 Å². The van der Waals surface area contributed by atoms with Crippen molar-refractivity contribution in [3.63, 3.8) is 0 Å². The molecule has 0 N–H and O–H groups in total. The fourth-order valence-corrected chi connectivity index (χ4v) is 6.92. The molecule has 0 saturated carbocycles. The topological polar surface area (TPSA) is 65.0 Å². The minimum atomic E-state index is 0.581. The van der Waals surface area contributed by atoms with Crippen molar-refractivity contribution in [3.8, 4) is 45.3 Å². The number of para-hydroxylation sites is 2. The summed E-state index contributed by atoms with van der Waals surface area (Å²) in [5, 5.41) is 6.38. The van der Waals surface area contributed by atoms with E-state index in [9.17, 15) is 0 Å². The van der Waals surface area contributed by atoms with Crippen LogP contribution in [0.15, 0.2) is 160 Å². The number of benzene rings is 7. The third kappa shape index (κ3) is 4.15. The monoisotopic (exact) mass is 615 g/mol. The van der Waals surface area contributed by atoms with E-state index < -0.39 is 0 Å². The van der Waals surface area contributed by atoms with E-state index in [0.717, 1.165) is 77.1 Å². The van der Waals surface area contributed by atoms with Gasteiger partial charge in [0.2, 0.25) is 0 Å². The average molecular weight is 616 g/mol. The lowest BCUT2D eigenvalue weighted by Crippen LogP contribution is -2.00. The zero-order valence-corrected chi connectivity index (χ0v) is 25.6. The van der Waals surface area contributed by atoms with Gasteiger partial charge in [-0.05, 0) is 46.7 Å². The normalized spacial score (nSPS) is 11.8. The Hall–Kier alpha value is -6.59. The zero-order valence-electron chi connectivity index (χ0n) is 25.6. The predicted molar refractivity (Wildman–Crippen MR) is 194 cm³/mol. The minimum Gasteiger partial charge on any atom is -0.456 e. The van der Waals surface area contributed by atoms with Crippen LogP contribution in [0.5, 0.6) is 0 Å². The fourth-order valence-electron chi connectivity index (χ4n) is 6.92. The molecule has 10 aromatic rings. The summed E-state index contributed by atoms with van der Waals surface area (Å²) in [6.45, 7) is 0. The smallest absolute Gasteiger partial charge is 0.164 e. The quantitative estimate of drug-likeness (QED) is 0.197. The van der Waals surface area contributed by atoms with Crippen LogP contribution in [0.2, 0.25) is 0 Å². The van der Waals surface area contributed by atoms with Crippen LogP contribution in [0.4, 0.5) is 0 Å². The van der Waals surface area contributed by atoms with Crippen LogP contribution in [0.3, 0.4) is 0 Å². The molecule has 5 nitrogen and oxygen atoms in total. The van der Waals surface area contributed by atoms with Crippen LogP contribution in [0, 0.1) is 0 Å². The maximum Gasteiger partial charge on any atom is 0.164 e. The van der Waals surface area contributed by atoms with Crippen molar-refractivity contribution in [2.45, 2.75) is 0 Å². The lowest BCUT2D eigenvalue weighted by molar-refractivity contribution is 0.669. The Bertz CT molecular complexity index is 2840. The lowest BCUT2D eigenvalue weighted by atomic mass is 9.94. The molecule has 0 aliphatic heterocycles. The summed E-state index contributed by atoms with van der Waals surface area (Å²) in [4.78, 5) is 15.4. The number of hydrogen-bond donors (Lipinski definition) is 0. The van der Waals surface area contributed by atoms with E-state index in [1.54, 1.807) is 0 Å². The maximum atomic E-state index is 6.58. The molecule has 3 aromatic heterocycles. The van der Waals surface area contributed by atoms with E-state index in [1.807, 2.05) is 78.9 Å². The van der Waals surface area contributed by atoms with Crippen LogP contribution in [-0.4, -0.2) is 15.0 Å². The summed E-state index contributed by atoms with van der Waals surface area (Å²) in [6.07, 6.45) is 0. The first-order valence-corrected chi connectivity index (χ1v) is 15.9. The molecule has 0 amide bonds. The first kappa shape index (κ1) is 26.6. The SMILES string of the molecule is c1ccc(-c2nc(-c3cc(-c4cccc5ccccc45)c4oc5ccccc5c4c3)nc(-c3cccc4oc5ccccc5c34)n2)cc1. The summed E-state index contributed by atoms with van der Waals surface area (Å²) in [5.41, 5.74) is 8.05. The highest BCUT2D eigenvalue weighted by Gasteiger charge is 2.21. The molecule has 0 aliphatic carbocycles. The van der Waals surface area contributed by atoms with Gasteiger partial charge in [0.15, 0.2) is 17.5 Å². The van der Waals surface area contributed by atoms with Gasteiger partial charge in [0.05, 0.1) is 0 Å². The average Bonchev–Trinajstić information content (AvgIpc) is 3.73. The van der Waals surface area contributed by atoms with Gasteiger partial charge in [0, 0.05) is 43.8 Å². The number of hydrogen-bond acceptors (Lipinski definition) is 5. The second-order valence-corrected chi connectivity index (χ2v) is 12.0. The van der Waals surface area contributed by atoms with Gasteiger partial charge in [-0.2, -0.15) is 0 Å². The lowest BCUT2D eigenvalue weighted by Gasteiger charge is -2.12. The number of fused-ring (bicyclic) bond motifs is 7. The molecule has 0 saturated heterocycles. The van der Waals surface area contributed by atoms with Crippen LogP contribution >= 0.6 is 0 Å². The molecule has 7 aromatic carbocycles. The highest BCUT2D eigenvalue weighted by molar-refractivity contribution is 6.14. The van der Waals surface area contributed by atoms with Gasteiger partial charge in [-0.3, -0.25) is 0 Å². The van der Waals surface area contributed by atoms with E-state index in [1.165, 1.54) is 5.39 Å². The highest BCUT2D eigenvalue weighted by atomic mass is 16.3. The largest absolute Gasteiger partial charge is 0.456 e. The second-order valence-electron chi connectivity index (χ2n) is 12.0. The predicted octanol–water partition coefficient (Wildman–Crippen LogP) is 11.5. The van der Waals surface area contributed by atoms with Gasteiger partial charge in [0.25, 0.3) is 0 Å². The van der Waals surface area contributed by atoms with Crippen LogP contribution in [0.1, 0.15) is 0 Å². The molecule has 3 heterocycles. The number of nitrogens with zero attached hydrogens (tertiary/aromatic N) is 3. The van der Waals surface area contributed by atoms with Crippen molar-refractivity contribution < 1.29 is 8.83 Å². The zero-order chi connectivity index (χ0) is 31.6. The fraction of sp³-hybridized carbons (Fsp3) is 0. The summed E-state index contributed by atoms with van der Waals surface area (Å²) in [5.74, 6) is 1.77. The van der Waals surface area contributed by atoms with E-state index in [4.69, 9.17) is 23.8 Å². The number of rotatable bonds is 4. The molecule has 10 rings (SSSR count). The molecular weight excluding hydrogens is 590 g/mol. The molecule has 224 valence electrons. The Morgan fingerprint density at radius 2 is 0.958 bits per heavy atom. The van der Waals surface area contributed by atoms with Gasteiger partial charge in [-0.1, -0.05) is 121 Å². The molecule has 48 heavy (non-hydrogen) atoms. The van der Waals surface area contributed by atoms with Crippen molar-refractivity contribution in [2.75, 3.05) is 0 Å². The minimum absolute atomic E-state index is 0.581. The van der Waals surface area contributed by atoms with E-state index >= 15 is 0 Å².